The highest BCUT2D eigenvalue weighted by molar-refractivity contribution is 6.42. The first-order valence-corrected chi connectivity index (χ1v) is 14.8. The average molecular weight is 585 g/mol. The molecule has 4 aromatic rings. The van der Waals surface area contributed by atoms with Gasteiger partial charge in [-0.1, -0.05) is 47.5 Å². The lowest BCUT2D eigenvalue weighted by Crippen LogP contribution is -2.46. The Morgan fingerprint density at radius 1 is 0.951 bits per heavy atom. The predicted octanol–water partition coefficient (Wildman–Crippen LogP) is 7.37. The Morgan fingerprint density at radius 2 is 1.71 bits per heavy atom. The monoisotopic (exact) mass is 583 g/mol. The number of fused-ring (bicyclic) bond motifs is 1. The van der Waals surface area contributed by atoms with Gasteiger partial charge in [0.15, 0.2) is 0 Å². The summed E-state index contributed by atoms with van der Waals surface area (Å²) in [5.74, 6) is 0.767. The zero-order chi connectivity index (χ0) is 28.5. The van der Waals surface area contributed by atoms with Crippen LogP contribution in [0.1, 0.15) is 47.2 Å². The zero-order valence-electron chi connectivity index (χ0n) is 23.0. The normalized spacial score (nSPS) is 17.2. The van der Waals surface area contributed by atoms with Gasteiger partial charge in [0.2, 0.25) is 0 Å². The molecule has 6 nitrogen and oxygen atoms in total. The zero-order valence-corrected chi connectivity index (χ0v) is 24.5. The smallest absolute Gasteiger partial charge is 0.255 e. The quantitative estimate of drug-likeness (QED) is 0.237. The number of nitrogens with zero attached hydrogens (tertiary/aromatic N) is 5. The number of anilines is 1. The van der Waals surface area contributed by atoms with Gasteiger partial charge in [0.25, 0.3) is 5.91 Å². The van der Waals surface area contributed by atoms with Gasteiger partial charge < -0.3 is 9.80 Å². The molecular weight excluding hydrogens is 553 g/mol. The molecule has 1 amide bonds. The molecular formula is C33H31Cl2N5O. The topological polar surface area (TPSA) is 63.5 Å². The second-order valence-corrected chi connectivity index (χ2v) is 11.7. The Kier molecular flexibility index (Phi) is 7.86. The molecule has 8 heteroatoms. The first-order valence-electron chi connectivity index (χ1n) is 14.1. The molecule has 41 heavy (non-hydrogen) atoms. The number of hydrogen-bond acceptors (Lipinski definition) is 5. The lowest BCUT2D eigenvalue weighted by Gasteiger charge is -2.32. The summed E-state index contributed by atoms with van der Waals surface area (Å²) in [6, 6.07) is 23.3. The van der Waals surface area contributed by atoms with Crippen molar-refractivity contribution in [3.8, 4) is 17.2 Å². The Hall–Kier alpha value is -3.63. The standard InChI is InChI=1S/C33H31Cl2N5O/c1-38(21-23-8-12-28(34)29(35)17-23)31-19-27(33(41)40-16-4-5-32(40)39-14-2-3-15-39)26-18-25(11-13-30(26)37-31)24-9-6-22(20-36)7-10-24/h6-13,17-19,32H,2-5,14-16,21H2,1H3. The van der Waals surface area contributed by atoms with Gasteiger partial charge in [-0.3, -0.25) is 9.69 Å². The van der Waals surface area contributed by atoms with Gasteiger partial charge in [0.1, 0.15) is 5.82 Å². The van der Waals surface area contributed by atoms with Gasteiger partial charge in [-0.25, -0.2) is 4.98 Å². The van der Waals surface area contributed by atoms with E-state index in [2.05, 4.69) is 21.9 Å². The molecule has 0 aliphatic carbocycles. The van der Waals surface area contributed by atoms with Gasteiger partial charge in [-0.15, -0.1) is 0 Å². The van der Waals surface area contributed by atoms with Crippen molar-refractivity contribution in [3.63, 3.8) is 0 Å². The van der Waals surface area contributed by atoms with Gasteiger partial charge in [-0.05, 0) is 84.8 Å². The number of amides is 1. The van der Waals surface area contributed by atoms with Crippen LogP contribution in [0.5, 0.6) is 0 Å². The number of nitriles is 1. The molecule has 0 spiro atoms. The lowest BCUT2D eigenvalue weighted by molar-refractivity contribution is 0.0533. The summed E-state index contributed by atoms with van der Waals surface area (Å²) in [5.41, 5.74) is 5.01. The maximum absolute atomic E-state index is 14.4. The Bertz CT molecular complexity index is 1640. The maximum atomic E-state index is 14.4. The molecule has 0 N–H and O–H groups in total. The molecule has 1 unspecified atom stereocenters. The van der Waals surface area contributed by atoms with Gasteiger partial charge in [-0.2, -0.15) is 5.26 Å². The maximum Gasteiger partial charge on any atom is 0.255 e. The van der Waals surface area contributed by atoms with E-state index in [0.717, 1.165) is 65.9 Å². The second-order valence-electron chi connectivity index (χ2n) is 10.9. The molecule has 2 saturated heterocycles. The number of likely N-dealkylation sites (tertiary alicyclic amines) is 2. The summed E-state index contributed by atoms with van der Waals surface area (Å²) in [6.07, 6.45) is 4.54. The minimum atomic E-state index is 0.0490. The molecule has 1 aromatic heterocycles. The second kappa shape index (κ2) is 11.7. The lowest BCUT2D eigenvalue weighted by atomic mass is 9.99. The van der Waals surface area contributed by atoms with Crippen LogP contribution in [0.25, 0.3) is 22.0 Å². The molecule has 6 rings (SSSR count). The van der Waals surface area contributed by atoms with E-state index >= 15 is 0 Å². The Balaban J connectivity index is 1.41. The van der Waals surface area contributed by atoms with Gasteiger partial charge >= 0.3 is 0 Å². The molecule has 0 saturated carbocycles. The van der Waals surface area contributed by atoms with E-state index in [9.17, 15) is 10.1 Å². The summed E-state index contributed by atoms with van der Waals surface area (Å²) in [5, 5.41) is 11.1. The summed E-state index contributed by atoms with van der Waals surface area (Å²) in [6.45, 7) is 3.41. The molecule has 2 fully saturated rings. The predicted molar refractivity (Wildman–Crippen MR) is 165 cm³/mol. The van der Waals surface area contributed by atoms with Crippen molar-refractivity contribution < 1.29 is 4.79 Å². The van der Waals surface area contributed by atoms with Gasteiger partial charge in [0, 0.05) is 38.6 Å². The van der Waals surface area contributed by atoms with Crippen LogP contribution < -0.4 is 4.90 Å². The minimum absolute atomic E-state index is 0.0490. The van der Waals surface area contributed by atoms with E-state index in [4.69, 9.17) is 28.2 Å². The van der Waals surface area contributed by atoms with Crippen molar-refractivity contribution in [3.05, 3.63) is 93.5 Å². The summed E-state index contributed by atoms with van der Waals surface area (Å²) in [7, 11) is 1.97. The molecule has 0 radical (unpaired) electrons. The fourth-order valence-electron chi connectivity index (χ4n) is 6.05. The van der Waals surface area contributed by atoms with E-state index in [-0.39, 0.29) is 12.1 Å². The molecule has 0 bridgehead atoms. The molecule has 3 aromatic carbocycles. The number of pyridine rings is 1. The first-order chi connectivity index (χ1) is 19.9. The van der Waals surface area contributed by atoms with Crippen LogP contribution in [0.2, 0.25) is 10.0 Å². The number of carbonyl (C=O) groups is 1. The average Bonchev–Trinajstić information content (AvgIpc) is 3.70. The third kappa shape index (κ3) is 5.63. The van der Waals surface area contributed by atoms with Crippen molar-refractivity contribution >= 4 is 45.8 Å². The van der Waals surface area contributed by atoms with Crippen LogP contribution in [-0.2, 0) is 6.54 Å². The van der Waals surface area contributed by atoms with E-state index < -0.39 is 0 Å². The fraction of sp³-hybridized carbons (Fsp3) is 0.303. The van der Waals surface area contributed by atoms with Gasteiger partial charge in [0.05, 0.1) is 38.9 Å². The largest absolute Gasteiger partial charge is 0.355 e. The molecule has 2 aliphatic rings. The van der Waals surface area contributed by atoms with Crippen LogP contribution in [0.3, 0.4) is 0 Å². The van der Waals surface area contributed by atoms with E-state index in [0.29, 0.717) is 27.7 Å². The van der Waals surface area contributed by atoms with Crippen molar-refractivity contribution in [2.24, 2.45) is 0 Å². The molecule has 208 valence electrons. The summed E-state index contributed by atoms with van der Waals surface area (Å²) < 4.78 is 0. The van der Waals surface area contributed by atoms with Crippen molar-refractivity contribution in [2.75, 3.05) is 31.6 Å². The highest BCUT2D eigenvalue weighted by Gasteiger charge is 2.35. The highest BCUT2D eigenvalue weighted by Crippen LogP contribution is 2.33. The third-order valence-corrected chi connectivity index (χ3v) is 8.95. The molecule has 2 aliphatic heterocycles. The van der Waals surface area contributed by atoms with Crippen LogP contribution in [0.4, 0.5) is 5.82 Å². The van der Waals surface area contributed by atoms with Crippen molar-refractivity contribution in [2.45, 2.75) is 38.4 Å². The number of benzene rings is 3. The van der Waals surface area contributed by atoms with Crippen molar-refractivity contribution in [1.29, 1.82) is 5.26 Å². The van der Waals surface area contributed by atoms with Crippen LogP contribution in [0.15, 0.2) is 66.7 Å². The third-order valence-electron chi connectivity index (χ3n) is 8.21. The van der Waals surface area contributed by atoms with E-state index in [1.165, 1.54) is 12.8 Å². The summed E-state index contributed by atoms with van der Waals surface area (Å²) >= 11 is 12.4. The first kappa shape index (κ1) is 27.5. The van der Waals surface area contributed by atoms with Crippen LogP contribution >= 0.6 is 23.2 Å². The van der Waals surface area contributed by atoms with Crippen LogP contribution in [-0.4, -0.2) is 53.5 Å². The number of aromatic nitrogens is 1. The fourth-order valence-corrected chi connectivity index (χ4v) is 6.37. The molecule has 3 heterocycles. The van der Waals surface area contributed by atoms with E-state index in [1.807, 2.05) is 66.5 Å². The number of halogens is 2. The summed E-state index contributed by atoms with van der Waals surface area (Å²) in [4.78, 5) is 25.9. The highest BCUT2D eigenvalue weighted by atomic mass is 35.5. The van der Waals surface area contributed by atoms with Crippen molar-refractivity contribution in [1.82, 2.24) is 14.8 Å². The van der Waals surface area contributed by atoms with Crippen LogP contribution in [0, 0.1) is 11.3 Å². The number of hydrogen-bond donors (Lipinski definition) is 0. The molecule has 1 atom stereocenters. The van der Waals surface area contributed by atoms with E-state index in [1.54, 1.807) is 6.07 Å². The minimum Gasteiger partial charge on any atom is -0.355 e. The number of rotatable bonds is 6. The Labute approximate surface area is 250 Å². The Morgan fingerprint density at radius 3 is 2.44 bits per heavy atom. The number of carbonyl (C=O) groups excluding carboxylic acids is 1. The SMILES string of the molecule is CN(Cc1ccc(Cl)c(Cl)c1)c1cc(C(=O)N2CCCC2N2CCCC2)c2cc(-c3ccc(C#N)cc3)ccc2n1.